The maximum atomic E-state index is 14.0. The van der Waals surface area contributed by atoms with E-state index in [9.17, 15) is 22.4 Å². The molecule has 0 fully saturated rings. The molecule has 8 nitrogen and oxygen atoms in total. The molecule has 0 saturated carbocycles. The van der Waals surface area contributed by atoms with Gasteiger partial charge in [0.1, 0.15) is 11.4 Å². The van der Waals surface area contributed by atoms with Crippen LogP contribution in [0.5, 0.6) is 0 Å². The molecule has 0 unspecified atom stereocenters. The number of benzene rings is 3. The van der Waals surface area contributed by atoms with Gasteiger partial charge < -0.3 is 16.4 Å². The maximum absolute atomic E-state index is 14.0. The molecule has 6 N–H and O–H groups in total. The number of fused-ring (bicyclic) bond motifs is 1. The Balaban J connectivity index is 1.41. The van der Waals surface area contributed by atoms with Gasteiger partial charge in [-0.15, -0.1) is 0 Å². The highest BCUT2D eigenvalue weighted by Gasteiger charge is 2.44. The molecule has 1 aliphatic carbocycles. The van der Waals surface area contributed by atoms with E-state index in [1.54, 1.807) is 30.3 Å². The lowest BCUT2D eigenvalue weighted by atomic mass is 9.93. The van der Waals surface area contributed by atoms with Crippen molar-refractivity contribution < 1.29 is 22.4 Å². The van der Waals surface area contributed by atoms with E-state index in [-0.39, 0.29) is 41.9 Å². The first-order valence-electron chi connectivity index (χ1n) is 12.3. The van der Waals surface area contributed by atoms with Crippen molar-refractivity contribution in [2.45, 2.75) is 48.6 Å². The highest BCUT2D eigenvalue weighted by molar-refractivity contribution is 7.89. The Morgan fingerprint density at radius 3 is 2.16 bits per heavy atom. The molecule has 0 heterocycles. The smallest absolute Gasteiger partial charge is 0.246 e. The number of rotatable bonds is 10. The van der Waals surface area contributed by atoms with Gasteiger partial charge in [0.15, 0.2) is 0 Å². The van der Waals surface area contributed by atoms with Crippen LogP contribution < -0.4 is 21.5 Å². The summed E-state index contributed by atoms with van der Waals surface area (Å²) in [6, 6.07) is 19.5. The first kappa shape index (κ1) is 27.4. The number of sulfonamides is 1. The molecule has 1 aliphatic rings. The summed E-state index contributed by atoms with van der Waals surface area (Å²) in [7, 11) is -3.78. The lowest BCUT2D eigenvalue weighted by Gasteiger charge is -2.30. The zero-order chi connectivity index (χ0) is 27.3. The average molecular weight is 539 g/mol. The lowest BCUT2D eigenvalue weighted by molar-refractivity contribution is -0.133. The van der Waals surface area contributed by atoms with Crippen LogP contribution in [0.25, 0.3) is 0 Å². The van der Waals surface area contributed by atoms with Crippen molar-refractivity contribution in [1.82, 2.24) is 10.6 Å². The van der Waals surface area contributed by atoms with Gasteiger partial charge in [0.25, 0.3) is 0 Å². The molecule has 3 aromatic carbocycles. The molecule has 0 spiro atoms. The first-order chi connectivity index (χ1) is 18.1. The summed E-state index contributed by atoms with van der Waals surface area (Å²) in [6.45, 7) is 0.286. The lowest BCUT2D eigenvalue weighted by Crippen LogP contribution is -2.60. The molecule has 0 saturated heterocycles. The third-order valence-corrected chi connectivity index (χ3v) is 7.68. The fraction of sp³-hybridized carbons (Fsp3) is 0.286. The van der Waals surface area contributed by atoms with E-state index < -0.39 is 21.6 Å². The Morgan fingerprint density at radius 1 is 0.947 bits per heavy atom. The number of nitrogens with one attached hydrogen (secondary N) is 2. The number of hydrogen-bond acceptors (Lipinski definition) is 5. The summed E-state index contributed by atoms with van der Waals surface area (Å²) in [4.78, 5) is 26.5. The van der Waals surface area contributed by atoms with E-state index in [2.05, 4.69) is 10.6 Å². The highest BCUT2D eigenvalue weighted by Crippen LogP contribution is 2.30. The summed E-state index contributed by atoms with van der Waals surface area (Å²) in [5, 5.41) is 11.0. The van der Waals surface area contributed by atoms with Gasteiger partial charge in [-0.2, -0.15) is 0 Å². The van der Waals surface area contributed by atoms with Gasteiger partial charge >= 0.3 is 0 Å². The third kappa shape index (κ3) is 6.63. The second-order valence-electron chi connectivity index (χ2n) is 9.71. The van der Waals surface area contributed by atoms with E-state index in [4.69, 9.17) is 10.9 Å². The molecule has 10 heteroatoms. The van der Waals surface area contributed by atoms with Crippen molar-refractivity contribution in [2.24, 2.45) is 10.9 Å². The van der Waals surface area contributed by atoms with Crippen LogP contribution in [0.15, 0.2) is 77.7 Å². The predicted molar refractivity (Wildman–Crippen MR) is 142 cm³/mol. The predicted octanol–water partition coefficient (Wildman–Crippen LogP) is 1.75. The molecular formula is C28H31FN4O4S. The molecule has 0 aromatic heterocycles. The topological polar surface area (TPSA) is 144 Å². The molecule has 3 aromatic rings. The molecule has 1 atom stereocenters. The number of carbonyl (C=O) groups excluding carboxylic acids is 2. The molecule has 38 heavy (non-hydrogen) atoms. The minimum Gasteiger partial charge on any atom is -0.354 e. The molecule has 200 valence electrons. The second-order valence-corrected chi connectivity index (χ2v) is 11.3. The van der Waals surface area contributed by atoms with Crippen molar-refractivity contribution >= 4 is 21.8 Å². The minimum atomic E-state index is -3.78. The first-order valence-corrected chi connectivity index (χ1v) is 13.9. The van der Waals surface area contributed by atoms with Crippen LogP contribution in [0.2, 0.25) is 0 Å². The summed E-state index contributed by atoms with van der Waals surface area (Å²) in [5.74, 6) is -1.06. The van der Waals surface area contributed by atoms with Gasteiger partial charge in [-0.1, -0.05) is 54.6 Å². The second kappa shape index (κ2) is 11.4. The van der Waals surface area contributed by atoms with Crippen LogP contribution >= 0.6 is 0 Å². The van der Waals surface area contributed by atoms with Crippen molar-refractivity contribution in [3.05, 3.63) is 101 Å². The zero-order valence-corrected chi connectivity index (χ0v) is 21.6. The number of amides is 2. The van der Waals surface area contributed by atoms with Crippen LogP contribution in [-0.4, -0.2) is 38.4 Å². The quantitative estimate of drug-likeness (QED) is 0.311. The van der Waals surface area contributed by atoms with Gasteiger partial charge in [-0.3, -0.25) is 9.59 Å². The van der Waals surface area contributed by atoms with Gasteiger partial charge in [0, 0.05) is 31.8 Å². The van der Waals surface area contributed by atoms with Crippen LogP contribution in [0.4, 0.5) is 4.39 Å². The fourth-order valence-corrected chi connectivity index (χ4v) is 5.35. The molecule has 4 rings (SSSR count). The summed E-state index contributed by atoms with van der Waals surface area (Å²) in [6.07, 6.45) is 1.28. The molecule has 0 radical (unpaired) electrons. The Labute approximate surface area is 221 Å². The minimum absolute atomic E-state index is 0.0175. The van der Waals surface area contributed by atoms with Gasteiger partial charge in [0.2, 0.25) is 21.8 Å². The third-order valence-electron chi connectivity index (χ3n) is 6.75. The van der Waals surface area contributed by atoms with Crippen molar-refractivity contribution in [1.29, 1.82) is 0 Å². The molecule has 0 aliphatic heterocycles. The largest absolute Gasteiger partial charge is 0.354 e. The van der Waals surface area contributed by atoms with E-state index in [1.165, 1.54) is 18.2 Å². The Kier molecular flexibility index (Phi) is 8.25. The van der Waals surface area contributed by atoms with Crippen LogP contribution in [0, 0.1) is 5.82 Å². The van der Waals surface area contributed by atoms with E-state index in [0.717, 1.165) is 16.7 Å². The number of primary sulfonamides is 1. The molecule has 2 amide bonds. The Bertz CT molecular complexity index is 1400. The number of carbonyl (C=O) groups is 2. The van der Waals surface area contributed by atoms with Gasteiger partial charge in [0.05, 0.1) is 4.90 Å². The van der Waals surface area contributed by atoms with Crippen molar-refractivity contribution in [2.75, 3.05) is 6.54 Å². The zero-order valence-electron chi connectivity index (χ0n) is 20.8. The SMILES string of the molecule is N[C@@H](CC(=O)NC1(C(=O)NCCc2ccc(S(N)(=O)=O)cc2)Cc2ccccc2C1)Cc1ccccc1F. The normalized spacial score (nSPS) is 14.9. The summed E-state index contributed by atoms with van der Waals surface area (Å²) >= 11 is 0. The van der Waals surface area contributed by atoms with Crippen LogP contribution in [0.1, 0.15) is 28.7 Å². The van der Waals surface area contributed by atoms with Crippen molar-refractivity contribution in [3.8, 4) is 0 Å². The number of hydrogen-bond donors (Lipinski definition) is 4. The fourth-order valence-electron chi connectivity index (χ4n) is 4.83. The van der Waals surface area contributed by atoms with E-state index >= 15 is 0 Å². The van der Waals surface area contributed by atoms with Gasteiger partial charge in [-0.05, 0) is 53.3 Å². The van der Waals surface area contributed by atoms with Crippen LogP contribution in [-0.2, 0) is 45.3 Å². The average Bonchev–Trinajstić information content (AvgIpc) is 3.24. The van der Waals surface area contributed by atoms with Gasteiger partial charge in [-0.25, -0.2) is 17.9 Å². The maximum Gasteiger partial charge on any atom is 0.246 e. The van der Waals surface area contributed by atoms with Crippen molar-refractivity contribution in [3.63, 3.8) is 0 Å². The monoisotopic (exact) mass is 538 g/mol. The number of nitrogens with two attached hydrogens (primary N) is 2. The Hall–Kier alpha value is -3.60. The summed E-state index contributed by atoms with van der Waals surface area (Å²) < 4.78 is 36.9. The highest BCUT2D eigenvalue weighted by atomic mass is 32.2. The van der Waals surface area contributed by atoms with Crippen LogP contribution in [0.3, 0.4) is 0 Å². The Morgan fingerprint density at radius 2 is 1.55 bits per heavy atom. The number of halogens is 1. The molecule has 0 bridgehead atoms. The standard InChI is InChI=1S/C28H31FN4O4S/c29-25-8-4-3-5-20(25)15-23(30)16-26(34)33-28(17-21-6-1-2-7-22(21)18-28)27(35)32-14-13-19-9-11-24(12-10-19)38(31,36)37/h1-12,23H,13-18,30H2,(H,32,35)(H,33,34)(H2,31,36,37)/t23-/m1/s1. The summed E-state index contributed by atoms with van der Waals surface area (Å²) in [5.41, 5.74) is 8.22. The molecular weight excluding hydrogens is 507 g/mol. The van der Waals surface area contributed by atoms with E-state index in [0.29, 0.717) is 24.8 Å². The van der Waals surface area contributed by atoms with E-state index in [1.807, 2.05) is 24.3 Å².